The van der Waals surface area contributed by atoms with Crippen molar-refractivity contribution in [1.82, 2.24) is 9.88 Å². The molecule has 0 spiro atoms. The van der Waals surface area contributed by atoms with Gasteiger partial charge in [-0.2, -0.15) is 0 Å². The summed E-state index contributed by atoms with van der Waals surface area (Å²) in [5.74, 6) is -0.520. The second-order valence-electron chi connectivity index (χ2n) is 9.65. The van der Waals surface area contributed by atoms with E-state index >= 15 is 0 Å². The van der Waals surface area contributed by atoms with Crippen LogP contribution in [0.25, 0.3) is 5.70 Å². The summed E-state index contributed by atoms with van der Waals surface area (Å²) in [5, 5.41) is 3.02. The molecule has 174 valence electrons. The number of Topliss-reactive ketones (excluding diaryl/α,β-unsaturated/α-hetero) is 1. The van der Waals surface area contributed by atoms with Gasteiger partial charge in [-0.15, -0.1) is 0 Å². The molecule has 0 radical (unpaired) electrons. The molecular weight excluding hydrogens is 422 g/mol. The predicted molar refractivity (Wildman–Crippen MR) is 136 cm³/mol. The van der Waals surface area contributed by atoms with E-state index in [1.807, 2.05) is 81.6 Å². The number of carbonyl (C=O) groups excluding carboxylic acids is 2. The van der Waals surface area contributed by atoms with Crippen LogP contribution in [-0.4, -0.2) is 27.1 Å². The summed E-state index contributed by atoms with van der Waals surface area (Å²) in [6, 6.07) is 17.7. The Morgan fingerprint density at radius 2 is 1.82 bits per heavy atom. The molecule has 1 aliphatic rings. The van der Waals surface area contributed by atoms with Crippen molar-refractivity contribution < 1.29 is 9.59 Å². The molecule has 5 nitrogen and oxygen atoms in total. The molecule has 3 aromatic rings. The molecule has 5 heteroatoms. The van der Waals surface area contributed by atoms with Gasteiger partial charge in [0.05, 0.1) is 5.70 Å². The summed E-state index contributed by atoms with van der Waals surface area (Å²) in [6.07, 6.45) is 3.82. The third-order valence-electron chi connectivity index (χ3n) is 6.54. The average molecular weight is 454 g/mol. The Hall–Kier alpha value is -3.73. The van der Waals surface area contributed by atoms with Gasteiger partial charge in [0.15, 0.2) is 5.78 Å². The number of nitrogens with one attached hydrogen (secondary N) is 1. The van der Waals surface area contributed by atoms with Gasteiger partial charge in [-0.3, -0.25) is 14.6 Å². The number of hydrogen-bond acceptors (Lipinski definition) is 4. The maximum Gasteiger partial charge on any atom is 0.261 e. The van der Waals surface area contributed by atoms with E-state index in [1.54, 1.807) is 6.20 Å². The van der Waals surface area contributed by atoms with Crippen LogP contribution in [0.2, 0.25) is 0 Å². The molecule has 0 unspecified atom stereocenters. The third-order valence-corrected chi connectivity index (χ3v) is 6.54. The topological polar surface area (TPSA) is 62.3 Å². The molecule has 0 saturated heterocycles. The smallest absolute Gasteiger partial charge is 0.261 e. The Kier molecular flexibility index (Phi) is 6.38. The van der Waals surface area contributed by atoms with Crippen LogP contribution in [0.5, 0.6) is 0 Å². The van der Waals surface area contributed by atoms with Crippen molar-refractivity contribution in [2.24, 2.45) is 0 Å². The summed E-state index contributed by atoms with van der Waals surface area (Å²) < 4.78 is 0. The lowest BCUT2D eigenvalue weighted by Crippen LogP contribution is -2.49. The van der Waals surface area contributed by atoms with Gasteiger partial charge < -0.3 is 10.2 Å². The van der Waals surface area contributed by atoms with E-state index in [9.17, 15) is 9.59 Å². The van der Waals surface area contributed by atoms with E-state index in [0.29, 0.717) is 12.2 Å². The lowest BCUT2D eigenvalue weighted by molar-refractivity contribution is -0.122. The SMILES string of the molecule is Cc1cccc(C2=C(C(=O)Nc3cccc(C)c3C)C(=O)CC(C)(C)N2Cc2cccnc2)c1. The first-order valence-corrected chi connectivity index (χ1v) is 11.6. The number of hydrogen-bond donors (Lipinski definition) is 1. The number of aromatic nitrogens is 1. The van der Waals surface area contributed by atoms with Gasteiger partial charge in [0.1, 0.15) is 5.57 Å². The highest BCUT2D eigenvalue weighted by Crippen LogP contribution is 2.40. The second-order valence-corrected chi connectivity index (χ2v) is 9.65. The molecule has 0 aliphatic carbocycles. The van der Waals surface area contributed by atoms with E-state index in [1.165, 1.54) is 0 Å². The van der Waals surface area contributed by atoms with E-state index in [4.69, 9.17) is 0 Å². The first kappa shape index (κ1) is 23.4. The van der Waals surface area contributed by atoms with Crippen molar-refractivity contribution in [2.75, 3.05) is 5.32 Å². The van der Waals surface area contributed by atoms with Crippen molar-refractivity contribution in [3.8, 4) is 0 Å². The molecule has 1 amide bonds. The fraction of sp³-hybridized carbons (Fsp3) is 0.276. The molecule has 2 heterocycles. The Balaban J connectivity index is 1.88. The zero-order valence-corrected chi connectivity index (χ0v) is 20.5. The van der Waals surface area contributed by atoms with Gasteiger partial charge >= 0.3 is 0 Å². The predicted octanol–water partition coefficient (Wildman–Crippen LogP) is 5.61. The maximum absolute atomic E-state index is 13.7. The highest BCUT2D eigenvalue weighted by Gasteiger charge is 2.42. The van der Waals surface area contributed by atoms with Crippen LogP contribution in [0.1, 0.15) is 48.1 Å². The number of aryl methyl sites for hydroxylation is 2. The van der Waals surface area contributed by atoms with E-state index in [0.717, 1.165) is 33.5 Å². The highest BCUT2D eigenvalue weighted by atomic mass is 16.2. The second kappa shape index (κ2) is 9.26. The molecule has 1 N–H and O–H groups in total. The van der Waals surface area contributed by atoms with Crippen molar-refractivity contribution in [2.45, 2.75) is 53.1 Å². The number of ketones is 1. The van der Waals surface area contributed by atoms with Crippen LogP contribution in [-0.2, 0) is 16.1 Å². The number of amides is 1. The molecule has 0 saturated carbocycles. The van der Waals surface area contributed by atoms with Crippen LogP contribution < -0.4 is 5.32 Å². The normalized spacial score (nSPS) is 15.4. The van der Waals surface area contributed by atoms with Crippen molar-refractivity contribution in [3.05, 3.63) is 100 Å². The van der Waals surface area contributed by atoms with E-state index in [2.05, 4.69) is 29.0 Å². The largest absolute Gasteiger partial charge is 0.360 e. The minimum Gasteiger partial charge on any atom is -0.360 e. The number of benzene rings is 2. The fourth-order valence-electron chi connectivity index (χ4n) is 4.51. The number of nitrogens with zero attached hydrogens (tertiary/aromatic N) is 2. The van der Waals surface area contributed by atoms with Gasteiger partial charge in [-0.05, 0) is 75.1 Å². The van der Waals surface area contributed by atoms with Crippen LogP contribution in [0, 0.1) is 20.8 Å². The Labute approximate surface area is 201 Å². The molecule has 1 aliphatic heterocycles. The van der Waals surface area contributed by atoms with Crippen LogP contribution in [0.15, 0.2) is 72.6 Å². The van der Waals surface area contributed by atoms with Gasteiger partial charge in [0, 0.05) is 36.6 Å². The third kappa shape index (κ3) is 4.65. The van der Waals surface area contributed by atoms with Gasteiger partial charge in [0.25, 0.3) is 5.91 Å². The molecule has 0 atom stereocenters. The Bertz CT molecular complexity index is 1280. The number of carbonyl (C=O) groups is 2. The summed E-state index contributed by atoms with van der Waals surface area (Å²) in [4.78, 5) is 33.6. The molecule has 0 bridgehead atoms. The standard InChI is InChI=1S/C29H31N3O2/c1-19-9-6-12-23(15-19)27-26(28(34)31-24-13-7-10-20(2)21(24)3)25(33)16-29(4,5)32(27)18-22-11-8-14-30-17-22/h6-15,17H,16,18H2,1-5H3,(H,31,34). The molecule has 0 fully saturated rings. The lowest BCUT2D eigenvalue weighted by Gasteiger charge is -2.45. The first-order chi connectivity index (χ1) is 16.2. The van der Waals surface area contributed by atoms with Crippen LogP contribution in [0.3, 0.4) is 0 Å². The van der Waals surface area contributed by atoms with Crippen molar-refractivity contribution in [1.29, 1.82) is 0 Å². The van der Waals surface area contributed by atoms with E-state index < -0.39 is 5.54 Å². The Morgan fingerprint density at radius 1 is 1.06 bits per heavy atom. The van der Waals surface area contributed by atoms with Gasteiger partial charge in [-0.25, -0.2) is 0 Å². The quantitative estimate of drug-likeness (QED) is 0.510. The zero-order valence-electron chi connectivity index (χ0n) is 20.5. The summed E-state index contributed by atoms with van der Waals surface area (Å²) in [5.41, 5.74) is 6.12. The van der Waals surface area contributed by atoms with Crippen LogP contribution >= 0.6 is 0 Å². The van der Waals surface area contributed by atoms with Gasteiger partial charge in [-0.1, -0.05) is 42.0 Å². The number of pyridine rings is 1. The van der Waals surface area contributed by atoms with Crippen molar-refractivity contribution >= 4 is 23.1 Å². The van der Waals surface area contributed by atoms with Gasteiger partial charge in [0.2, 0.25) is 0 Å². The molecular formula is C29H31N3O2. The van der Waals surface area contributed by atoms with Crippen LogP contribution in [0.4, 0.5) is 5.69 Å². The van der Waals surface area contributed by atoms with E-state index in [-0.39, 0.29) is 23.7 Å². The van der Waals surface area contributed by atoms with Crippen molar-refractivity contribution in [3.63, 3.8) is 0 Å². The number of anilines is 1. The highest BCUT2D eigenvalue weighted by molar-refractivity contribution is 6.28. The minimum absolute atomic E-state index is 0.147. The molecule has 4 rings (SSSR count). The monoisotopic (exact) mass is 453 g/mol. The summed E-state index contributed by atoms with van der Waals surface area (Å²) in [7, 11) is 0. The Morgan fingerprint density at radius 3 is 2.53 bits per heavy atom. The summed E-state index contributed by atoms with van der Waals surface area (Å²) >= 11 is 0. The zero-order chi connectivity index (χ0) is 24.5. The lowest BCUT2D eigenvalue weighted by atomic mass is 9.83. The fourth-order valence-corrected chi connectivity index (χ4v) is 4.51. The molecule has 34 heavy (non-hydrogen) atoms. The summed E-state index contributed by atoms with van der Waals surface area (Å²) in [6.45, 7) is 10.6. The average Bonchev–Trinajstić information content (AvgIpc) is 2.78. The first-order valence-electron chi connectivity index (χ1n) is 11.6. The minimum atomic E-state index is -0.477. The molecule has 2 aromatic carbocycles. The number of rotatable bonds is 5. The maximum atomic E-state index is 13.7. The molecule has 1 aromatic heterocycles.